The lowest BCUT2D eigenvalue weighted by atomic mass is 10.1. The highest BCUT2D eigenvalue weighted by molar-refractivity contribution is 5.47. The normalized spacial score (nSPS) is 15.0. The minimum Gasteiger partial charge on any atom is -0.376 e. The Morgan fingerprint density at radius 3 is 2.26 bits per heavy atom. The maximum Gasteiger partial charge on any atom is 0.0598 e. The smallest absolute Gasteiger partial charge is 0.0598 e. The van der Waals surface area contributed by atoms with Gasteiger partial charge in [-0.25, -0.2) is 0 Å². The molecule has 0 saturated heterocycles. The lowest BCUT2D eigenvalue weighted by Gasteiger charge is -2.19. The molecule has 0 aromatic rings. The zero-order chi connectivity index (χ0) is 14.3. The number of hydrogen-bond donors (Lipinski definition) is 0. The Morgan fingerprint density at radius 2 is 1.68 bits per heavy atom. The van der Waals surface area contributed by atoms with Crippen molar-refractivity contribution in [3.05, 3.63) is 34.9 Å². The van der Waals surface area contributed by atoms with Crippen LogP contribution in [-0.2, 0) is 4.74 Å². The predicted octanol–water partition coefficient (Wildman–Crippen LogP) is 5.58. The average Bonchev–Trinajstić information content (AvgIpc) is 2.75. The van der Waals surface area contributed by atoms with Gasteiger partial charge in [-0.15, -0.1) is 0 Å². The third kappa shape index (κ3) is 7.37. The van der Waals surface area contributed by atoms with Gasteiger partial charge >= 0.3 is 0 Å². The van der Waals surface area contributed by atoms with Crippen LogP contribution in [0.4, 0.5) is 0 Å². The van der Waals surface area contributed by atoms with Gasteiger partial charge in [-0.2, -0.15) is 0 Å². The van der Waals surface area contributed by atoms with E-state index < -0.39 is 0 Å². The van der Waals surface area contributed by atoms with E-state index in [1.54, 1.807) is 0 Å². The van der Waals surface area contributed by atoms with Gasteiger partial charge in [0.2, 0.25) is 0 Å². The number of rotatable bonds is 7. The standard InChI is InChI=1S/C18H30O/c1-15(2)17-12-11-16(14-17)10-8-6-7-9-13-19-18(3,4)5/h11-12,14H,6-10,13H2,1-5H3. The van der Waals surface area contributed by atoms with E-state index in [2.05, 4.69) is 52.8 Å². The van der Waals surface area contributed by atoms with E-state index in [9.17, 15) is 0 Å². The summed E-state index contributed by atoms with van der Waals surface area (Å²) in [5, 5.41) is 0. The van der Waals surface area contributed by atoms with Crippen LogP contribution in [0.2, 0.25) is 0 Å². The van der Waals surface area contributed by atoms with Crippen LogP contribution in [0.15, 0.2) is 34.9 Å². The summed E-state index contributed by atoms with van der Waals surface area (Å²) in [5.41, 5.74) is 4.31. The van der Waals surface area contributed by atoms with Crippen molar-refractivity contribution in [2.75, 3.05) is 6.61 Å². The Balaban J connectivity index is 2.05. The van der Waals surface area contributed by atoms with Gasteiger partial charge in [-0.3, -0.25) is 0 Å². The summed E-state index contributed by atoms with van der Waals surface area (Å²) in [6, 6.07) is 0. The fourth-order valence-corrected chi connectivity index (χ4v) is 2.12. The molecule has 1 aliphatic carbocycles. The predicted molar refractivity (Wildman–Crippen MR) is 84.4 cm³/mol. The van der Waals surface area contributed by atoms with Gasteiger partial charge in [-0.1, -0.05) is 36.6 Å². The van der Waals surface area contributed by atoms with Crippen LogP contribution in [0.3, 0.4) is 0 Å². The van der Waals surface area contributed by atoms with E-state index in [0.29, 0.717) is 0 Å². The number of unbranched alkanes of at least 4 members (excludes halogenated alkanes) is 3. The molecule has 0 aromatic carbocycles. The summed E-state index contributed by atoms with van der Waals surface area (Å²) in [7, 11) is 0. The fraction of sp³-hybridized carbons (Fsp3) is 0.667. The molecule has 0 unspecified atom stereocenters. The molecule has 0 aromatic heterocycles. The fourth-order valence-electron chi connectivity index (χ4n) is 2.12. The number of hydrogen-bond acceptors (Lipinski definition) is 1. The highest BCUT2D eigenvalue weighted by Gasteiger charge is 2.08. The Hall–Kier alpha value is -0.820. The molecule has 0 spiro atoms. The zero-order valence-corrected chi connectivity index (χ0v) is 13.4. The van der Waals surface area contributed by atoms with Crippen LogP contribution >= 0.6 is 0 Å². The molecule has 0 bridgehead atoms. The average molecular weight is 262 g/mol. The van der Waals surface area contributed by atoms with Crippen molar-refractivity contribution in [3.8, 4) is 0 Å². The topological polar surface area (TPSA) is 9.23 Å². The Bertz CT molecular complexity index is 360. The number of ether oxygens (including phenoxy) is 1. The lowest BCUT2D eigenvalue weighted by Crippen LogP contribution is -2.19. The van der Waals surface area contributed by atoms with Gasteiger partial charge in [0, 0.05) is 6.61 Å². The Labute approximate surface area is 119 Å². The minimum atomic E-state index is 0.0141. The SMILES string of the molecule is CC(C)=C1C=CC(CCCCCCOC(C)(C)C)=C1. The molecule has 1 rings (SSSR count). The van der Waals surface area contributed by atoms with E-state index >= 15 is 0 Å². The van der Waals surface area contributed by atoms with Crippen molar-refractivity contribution in [2.24, 2.45) is 0 Å². The molecule has 0 amide bonds. The first-order chi connectivity index (χ1) is 8.88. The van der Waals surface area contributed by atoms with E-state index in [1.165, 1.54) is 48.8 Å². The first-order valence-electron chi connectivity index (χ1n) is 7.58. The molecule has 0 heterocycles. The van der Waals surface area contributed by atoms with Crippen LogP contribution in [0.25, 0.3) is 0 Å². The third-order valence-electron chi connectivity index (χ3n) is 3.29. The summed E-state index contributed by atoms with van der Waals surface area (Å²) in [5.74, 6) is 0. The van der Waals surface area contributed by atoms with Crippen molar-refractivity contribution in [1.82, 2.24) is 0 Å². The van der Waals surface area contributed by atoms with Crippen LogP contribution in [-0.4, -0.2) is 12.2 Å². The van der Waals surface area contributed by atoms with Gasteiger partial charge in [0.1, 0.15) is 0 Å². The summed E-state index contributed by atoms with van der Waals surface area (Å²) >= 11 is 0. The monoisotopic (exact) mass is 262 g/mol. The summed E-state index contributed by atoms with van der Waals surface area (Å²) in [6.07, 6.45) is 13.1. The van der Waals surface area contributed by atoms with E-state index in [0.717, 1.165) is 6.61 Å². The molecule has 0 radical (unpaired) electrons. The molecule has 0 fully saturated rings. The molecular formula is C18H30O. The summed E-state index contributed by atoms with van der Waals surface area (Å²) < 4.78 is 5.72. The second-order valence-corrected chi connectivity index (χ2v) is 6.63. The maximum atomic E-state index is 5.72. The van der Waals surface area contributed by atoms with Gasteiger partial charge in [0.15, 0.2) is 0 Å². The van der Waals surface area contributed by atoms with Crippen LogP contribution in [0.1, 0.15) is 66.7 Å². The van der Waals surface area contributed by atoms with Gasteiger partial charge in [0.25, 0.3) is 0 Å². The highest BCUT2D eigenvalue weighted by atomic mass is 16.5. The molecule has 108 valence electrons. The van der Waals surface area contributed by atoms with E-state index in [4.69, 9.17) is 4.74 Å². The third-order valence-corrected chi connectivity index (χ3v) is 3.29. The first-order valence-corrected chi connectivity index (χ1v) is 7.58. The molecule has 19 heavy (non-hydrogen) atoms. The van der Waals surface area contributed by atoms with Gasteiger partial charge in [-0.05, 0) is 65.0 Å². The Morgan fingerprint density at radius 1 is 1.00 bits per heavy atom. The van der Waals surface area contributed by atoms with Crippen molar-refractivity contribution in [3.63, 3.8) is 0 Å². The first kappa shape index (κ1) is 16.2. The molecule has 0 saturated carbocycles. The second kappa shape index (κ2) is 7.69. The molecule has 0 aliphatic heterocycles. The summed E-state index contributed by atoms with van der Waals surface area (Å²) in [6.45, 7) is 11.6. The van der Waals surface area contributed by atoms with Crippen LogP contribution in [0.5, 0.6) is 0 Å². The van der Waals surface area contributed by atoms with Crippen LogP contribution < -0.4 is 0 Å². The van der Waals surface area contributed by atoms with Gasteiger partial charge in [0.05, 0.1) is 5.60 Å². The second-order valence-electron chi connectivity index (χ2n) is 6.63. The van der Waals surface area contributed by atoms with Crippen molar-refractivity contribution in [1.29, 1.82) is 0 Å². The van der Waals surface area contributed by atoms with Crippen molar-refractivity contribution in [2.45, 2.75) is 72.3 Å². The van der Waals surface area contributed by atoms with E-state index in [1.807, 2.05) is 0 Å². The molecule has 0 N–H and O–H groups in total. The molecular weight excluding hydrogens is 232 g/mol. The van der Waals surface area contributed by atoms with Gasteiger partial charge < -0.3 is 4.74 Å². The molecule has 1 nitrogen and oxygen atoms in total. The van der Waals surface area contributed by atoms with Crippen molar-refractivity contribution >= 4 is 0 Å². The van der Waals surface area contributed by atoms with Crippen molar-refractivity contribution < 1.29 is 4.74 Å². The highest BCUT2D eigenvalue weighted by Crippen LogP contribution is 2.22. The lowest BCUT2D eigenvalue weighted by molar-refractivity contribution is -0.00473. The molecule has 1 heteroatoms. The minimum absolute atomic E-state index is 0.0141. The van der Waals surface area contributed by atoms with E-state index in [-0.39, 0.29) is 5.60 Å². The van der Waals surface area contributed by atoms with Crippen LogP contribution in [0, 0.1) is 0 Å². The Kier molecular flexibility index (Phi) is 6.57. The maximum absolute atomic E-state index is 5.72. The molecule has 0 atom stereocenters. The quantitative estimate of drug-likeness (QED) is 0.544. The zero-order valence-electron chi connectivity index (χ0n) is 13.4. The summed E-state index contributed by atoms with van der Waals surface area (Å²) in [4.78, 5) is 0. The largest absolute Gasteiger partial charge is 0.376 e. The molecule has 1 aliphatic rings. The number of allylic oxidation sites excluding steroid dienone is 6.